The molecule has 0 fully saturated rings. The van der Waals surface area contributed by atoms with E-state index in [0.29, 0.717) is 13.1 Å². The Labute approximate surface area is 93.8 Å². The summed E-state index contributed by atoms with van der Waals surface area (Å²) in [5.41, 5.74) is 0.993. The van der Waals surface area contributed by atoms with Crippen LogP contribution in [0, 0.1) is 5.82 Å². The first-order valence-corrected chi connectivity index (χ1v) is 4.90. The number of carboxylic acids is 1. The molecule has 0 bridgehead atoms. The summed E-state index contributed by atoms with van der Waals surface area (Å²) in [5.74, 6) is -1.20. The molecule has 0 unspecified atom stereocenters. The number of rotatable bonds is 5. The quantitative estimate of drug-likeness (QED) is 0.775. The smallest absolute Gasteiger partial charge is 0.328 e. The van der Waals surface area contributed by atoms with Crippen LogP contribution in [0.1, 0.15) is 5.56 Å². The molecular weight excluding hydrogens is 209 g/mol. The van der Waals surface area contributed by atoms with Crippen LogP contribution in [0.15, 0.2) is 36.4 Å². The van der Waals surface area contributed by atoms with Crippen LogP contribution in [-0.2, 0) is 11.3 Å². The van der Waals surface area contributed by atoms with Crippen molar-refractivity contribution in [2.24, 2.45) is 0 Å². The molecule has 16 heavy (non-hydrogen) atoms. The molecule has 4 heteroatoms. The zero-order valence-electron chi connectivity index (χ0n) is 9.06. The molecule has 1 aromatic rings. The minimum Gasteiger partial charge on any atom is -0.478 e. The molecular formula is C12H14FNO2. The summed E-state index contributed by atoms with van der Waals surface area (Å²) in [7, 11) is 1.87. The summed E-state index contributed by atoms with van der Waals surface area (Å²) in [6.07, 6.45) is 2.69. The number of halogens is 1. The van der Waals surface area contributed by atoms with Crippen molar-refractivity contribution in [2.45, 2.75) is 6.54 Å². The molecule has 0 saturated heterocycles. The molecule has 0 aliphatic heterocycles. The first kappa shape index (κ1) is 12.4. The molecule has 0 aliphatic rings. The summed E-state index contributed by atoms with van der Waals surface area (Å²) < 4.78 is 12.6. The molecule has 0 aliphatic carbocycles. The third kappa shape index (κ3) is 4.70. The number of likely N-dealkylation sites (N-methyl/N-ethyl adjacent to an activating group) is 1. The molecule has 0 spiro atoms. The molecule has 1 aromatic carbocycles. The van der Waals surface area contributed by atoms with Gasteiger partial charge in [-0.1, -0.05) is 18.2 Å². The summed E-state index contributed by atoms with van der Waals surface area (Å²) in [6, 6.07) is 6.26. The van der Waals surface area contributed by atoms with Crippen LogP contribution < -0.4 is 0 Å². The number of hydrogen-bond acceptors (Lipinski definition) is 2. The molecule has 86 valence electrons. The number of carbonyl (C=O) groups is 1. The predicted molar refractivity (Wildman–Crippen MR) is 59.5 cm³/mol. The van der Waals surface area contributed by atoms with Crippen molar-refractivity contribution in [3.05, 3.63) is 47.8 Å². The van der Waals surface area contributed by atoms with E-state index in [1.165, 1.54) is 12.1 Å². The molecule has 0 aromatic heterocycles. The van der Waals surface area contributed by atoms with E-state index in [-0.39, 0.29) is 5.82 Å². The van der Waals surface area contributed by atoms with E-state index < -0.39 is 5.97 Å². The SMILES string of the molecule is CN(C/C=C/C(=O)O)Cc1ccc(F)cc1. The Morgan fingerprint density at radius 3 is 2.62 bits per heavy atom. The fraction of sp³-hybridized carbons (Fsp3) is 0.250. The van der Waals surface area contributed by atoms with Crippen molar-refractivity contribution < 1.29 is 14.3 Å². The second-order valence-corrected chi connectivity index (χ2v) is 3.56. The van der Waals surface area contributed by atoms with Crippen molar-refractivity contribution in [1.29, 1.82) is 0 Å². The number of carboxylic acid groups (broad SMARTS) is 1. The lowest BCUT2D eigenvalue weighted by Crippen LogP contribution is -2.17. The zero-order valence-corrected chi connectivity index (χ0v) is 9.06. The lowest BCUT2D eigenvalue weighted by Gasteiger charge is -2.13. The monoisotopic (exact) mass is 223 g/mol. The number of benzene rings is 1. The van der Waals surface area contributed by atoms with Crippen molar-refractivity contribution in [2.75, 3.05) is 13.6 Å². The van der Waals surface area contributed by atoms with Gasteiger partial charge in [0.25, 0.3) is 0 Å². The van der Waals surface area contributed by atoms with Crippen LogP contribution in [0.25, 0.3) is 0 Å². The average Bonchev–Trinajstić information content (AvgIpc) is 2.21. The van der Waals surface area contributed by atoms with Gasteiger partial charge in [0.15, 0.2) is 0 Å². The van der Waals surface area contributed by atoms with Crippen LogP contribution in [0.4, 0.5) is 4.39 Å². The summed E-state index contributed by atoms with van der Waals surface area (Å²) >= 11 is 0. The van der Waals surface area contributed by atoms with Gasteiger partial charge in [0.1, 0.15) is 5.82 Å². The minimum absolute atomic E-state index is 0.253. The molecule has 0 saturated carbocycles. The van der Waals surface area contributed by atoms with Gasteiger partial charge in [-0.15, -0.1) is 0 Å². The molecule has 1 rings (SSSR count). The van der Waals surface area contributed by atoms with Gasteiger partial charge in [0.2, 0.25) is 0 Å². The molecule has 3 nitrogen and oxygen atoms in total. The molecule has 0 heterocycles. The maximum atomic E-state index is 12.6. The second kappa shape index (κ2) is 6.02. The second-order valence-electron chi connectivity index (χ2n) is 3.56. The van der Waals surface area contributed by atoms with Gasteiger partial charge in [-0.3, -0.25) is 4.90 Å². The van der Waals surface area contributed by atoms with Crippen LogP contribution in [0.3, 0.4) is 0 Å². The van der Waals surface area contributed by atoms with Crippen molar-refractivity contribution in [1.82, 2.24) is 4.90 Å². The zero-order chi connectivity index (χ0) is 12.0. The maximum absolute atomic E-state index is 12.6. The first-order chi connectivity index (χ1) is 7.58. The van der Waals surface area contributed by atoms with E-state index in [1.807, 2.05) is 11.9 Å². The highest BCUT2D eigenvalue weighted by Gasteiger charge is 1.98. The van der Waals surface area contributed by atoms with Crippen LogP contribution in [-0.4, -0.2) is 29.6 Å². The standard InChI is InChI=1S/C12H14FNO2/c1-14(8-2-3-12(15)16)9-10-4-6-11(13)7-5-10/h2-7H,8-9H2,1H3,(H,15,16)/b3-2+. The van der Waals surface area contributed by atoms with Crippen molar-refractivity contribution in [3.8, 4) is 0 Å². The molecule has 0 amide bonds. The number of nitrogens with zero attached hydrogens (tertiary/aromatic N) is 1. The lowest BCUT2D eigenvalue weighted by molar-refractivity contribution is -0.131. The highest BCUT2D eigenvalue weighted by Crippen LogP contribution is 2.05. The van der Waals surface area contributed by atoms with Gasteiger partial charge in [-0.05, 0) is 24.7 Å². The van der Waals surface area contributed by atoms with E-state index in [9.17, 15) is 9.18 Å². The van der Waals surface area contributed by atoms with E-state index in [1.54, 1.807) is 18.2 Å². The van der Waals surface area contributed by atoms with E-state index in [2.05, 4.69) is 0 Å². The Hall–Kier alpha value is -1.68. The Morgan fingerprint density at radius 1 is 1.44 bits per heavy atom. The topological polar surface area (TPSA) is 40.5 Å². The van der Waals surface area contributed by atoms with Crippen molar-refractivity contribution in [3.63, 3.8) is 0 Å². The Bertz CT molecular complexity index is 373. The largest absolute Gasteiger partial charge is 0.478 e. The van der Waals surface area contributed by atoms with E-state index in [4.69, 9.17) is 5.11 Å². The van der Waals surface area contributed by atoms with Gasteiger partial charge in [-0.2, -0.15) is 0 Å². The molecule has 1 N–H and O–H groups in total. The fourth-order valence-electron chi connectivity index (χ4n) is 1.30. The average molecular weight is 223 g/mol. The van der Waals surface area contributed by atoms with Crippen molar-refractivity contribution >= 4 is 5.97 Å². The highest BCUT2D eigenvalue weighted by molar-refractivity contribution is 5.79. The number of aliphatic carboxylic acids is 1. The van der Waals surface area contributed by atoms with E-state index >= 15 is 0 Å². The number of hydrogen-bond donors (Lipinski definition) is 1. The minimum atomic E-state index is -0.949. The third-order valence-electron chi connectivity index (χ3n) is 2.04. The van der Waals surface area contributed by atoms with Crippen LogP contribution in [0.2, 0.25) is 0 Å². The Morgan fingerprint density at radius 2 is 2.06 bits per heavy atom. The Kier molecular flexibility index (Phi) is 4.66. The Balaban J connectivity index is 2.42. The van der Waals surface area contributed by atoms with Gasteiger partial charge < -0.3 is 5.11 Å². The lowest BCUT2D eigenvalue weighted by atomic mass is 10.2. The third-order valence-corrected chi connectivity index (χ3v) is 2.04. The van der Waals surface area contributed by atoms with Gasteiger partial charge in [-0.25, -0.2) is 9.18 Å². The summed E-state index contributed by atoms with van der Waals surface area (Å²) in [4.78, 5) is 12.2. The first-order valence-electron chi connectivity index (χ1n) is 4.90. The van der Waals surface area contributed by atoms with Crippen LogP contribution in [0.5, 0.6) is 0 Å². The fourth-order valence-corrected chi connectivity index (χ4v) is 1.30. The predicted octanol–water partition coefficient (Wildman–Crippen LogP) is 1.90. The summed E-state index contributed by atoms with van der Waals surface area (Å²) in [6.45, 7) is 1.20. The molecule has 0 radical (unpaired) electrons. The normalized spacial score (nSPS) is 11.2. The van der Waals surface area contributed by atoms with Gasteiger partial charge in [0.05, 0.1) is 0 Å². The highest BCUT2D eigenvalue weighted by atomic mass is 19.1. The van der Waals surface area contributed by atoms with Gasteiger partial charge in [0, 0.05) is 19.2 Å². The maximum Gasteiger partial charge on any atom is 0.328 e. The van der Waals surface area contributed by atoms with Gasteiger partial charge >= 0.3 is 5.97 Å². The molecule has 0 atom stereocenters. The van der Waals surface area contributed by atoms with Crippen LogP contribution >= 0.6 is 0 Å². The summed E-state index contributed by atoms with van der Waals surface area (Å²) in [5, 5.41) is 8.40. The van der Waals surface area contributed by atoms with E-state index in [0.717, 1.165) is 11.6 Å².